The van der Waals surface area contributed by atoms with Crippen molar-refractivity contribution in [2.24, 2.45) is 0 Å². The van der Waals surface area contributed by atoms with E-state index in [2.05, 4.69) is 248 Å². The molecule has 13 heteroatoms. The van der Waals surface area contributed by atoms with E-state index in [9.17, 15) is 4.79 Å². The zero-order valence-corrected chi connectivity index (χ0v) is 65.5. The van der Waals surface area contributed by atoms with E-state index in [-0.39, 0.29) is 50.5 Å². The quantitative estimate of drug-likeness (QED) is 0.0528. The molecule has 17 rings (SSSR count). The van der Waals surface area contributed by atoms with Gasteiger partial charge < -0.3 is 10.1 Å². The van der Waals surface area contributed by atoms with E-state index in [1.54, 1.807) is 6.20 Å². The molecular formula is C98H80N9O2Rh2. The third-order valence-corrected chi connectivity index (χ3v) is 17.5. The first-order valence-electron chi connectivity index (χ1n) is 35.8. The SMILES string of the molecule is CC(=O)C=C(C)O.Cc1nn(-c2[c-]cccc2)c(C)c1-c1ccc(-c2ccccc2)cc1.Cc1nn(-c2[c-]cccc2)c(C)c1-c1ccccc1.[Rh+2].[Rh+3].[c-]1ccccc1-c1ccccn1.[c-]1ccccc1-n1cc(-c2ccc(-c3ccccc3)cc2)cn1.[c-]1ccccc1-n1cc(-c2ccc(-c3ccccc3)cc2)cn1. The maximum atomic E-state index is 10.0. The third-order valence-electron chi connectivity index (χ3n) is 17.5. The molecule has 0 aliphatic carbocycles. The summed E-state index contributed by atoms with van der Waals surface area (Å²) in [4.78, 5) is 14.2. The minimum absolute atomic E-state index is 0. The molecular weight excluding hydrogens is 1540 g/mol. The monoisotopic (exact) mass is 1620 g/mol. The number of ketones is 1. The molecule has 111 heavy (non-hydrogen) atoms. The van der Waals surface area contributed by atoms with Crippen LogP contribution >= 0.6 is 0 Å². The number of hydrogen-bond acceptors (Lipinski definition) is 7. The van der Waals surface area contributed by atoms with Crippen LogP contribution in [0.15, 0.2) is 376 Å². The third kappa shape index (κ3) is 22.1. The summed E-state index contributed by atoms with van der Waals surface area (Å²) in [5.74, 6) is -0.0625. The van der Waals surface area contributed by atoms with Crippen LogP contribution in [0.5, 0.6) is 0 Å². The van der Waals surface area contributed by atoms with Gasteiger partial charge in [-0.2, -0.15) is 117 Å². The van der Waals surface area contributed by atoms with Gasteiger partial charge in [-0.3, -0.25) is 23.5 Å². The van der Waals surface area contributed by atoms with Crippen molar-refractivity contribution < 1.29 is 48.9 Å². The molecule has 0 aliphatic heterocycles. The summed E-state index contributed by atoms with van der Waals surface area (Å²) in [7, 11) is 0. The molecule has 0 spiro atoms. The second kappa shape index (κ2) is 40.9. The Labute approximate surface area is 676 Å². The Morgan fingerprint density at radius 3 is 0.946 bits per heavy atom. The van der Waals surface area contributed by atoms with Gasteiger partial charge in [0.15, 0.2) is 5.78 Å². The number of hydrogen-bond donors (Lipinski definition) is 1. The molecule has 17 aromatic rings. The first kappa shape index (κ1) is 80.6. The summed E-state index contributed by atoms with van der Waals surface area (Å²) in [6.07, 6.45) is 10.8. The van der Waals surface area contributed by atoms with Gasteiger partial charge in [0.05, 0.1) is 29.5 Å². The Hall–Kier alpha value is -12.9. The van der Waals surface area contributed by atoms with E-state index in [4.69, 9.17) is 10.2 Å². The molecule has 1 N–H and O–H groups in total. The van der Waals surface area contributed by atoms with E-state index in [0.29, 0.717) is 0 Å². The first-order chi connectivity index (χ1) is 53.4. The molecule has 5 aromatic heterocycles. The van der Waals surface area contributed by atoms with Crippen LogP contribution in [0.1, 0.15) is 36.6 Å². The number of aromatic nitrogens is 9. The predicted molar refractivity (Wildman–Crippen MR) is 442 cm³/mol. The van der Waals surface area contributed by atoms with Crippen molar-refractivity contribution in [1.82, 2.24) is 44.1 Å². The average molecular weight is 1620 g/mol. The predicted octanol–water partition coefficient (Wildman–Crippen LogP) is 23.2. The Morgan fingerprint density at radius 2 is 0.640 bits per heavy atom. The normalized spacial score (nSPS) is 10.4. The van der Waals surface area contributed by atoms with Gasteiger partial charge in [-0.15, -0.1) is 60.2 Å². The van der Waals surface area contributed by atoms with E-state index in [0.717, 1.165) is 79.0 Å². The summed E-state index contributed by atoms with van der Waals surface area (Å²) in [6, 6.07) is 129. The van der Waals surface area contributed by atoms with Crippen LogP contribution in [-0.2, 0) is 43.8 Å². The first-order valence-corrected chi connectivity index (χ1v) is 35.8. The standard InChI is InChI=1S/C23H19N2.2C21H15N2.C17H15N2.C11H8N.C5H8O2.2Rh/c1-17-23(18(2)25(24-17)22-11-7-4-8-12-22)21-15-13-20(14-16-21)19-9-5-3-6-10-19;2*1-3-7-17(8-4-1)18-11-13-19(14-12-18)20-15-22-23(16-20)21-9-5-2-6-10-21;1-13-17(15-9-5-3-6-10-15)14(2)19(18-13)16-11-7-4-8-12-16;1-2-6-10(7-3-1)11-8-4-5-9-12-11;1-4(6)3-5(2)7;;/h3-11,13-16H,1-2H3;2*1-9,11-16H;3-11H,1-2H3;1-6,8-9H;3,6H,1-2H3;;/q5*-1;;+2;+3. The van der Waals surface area contributed by atoms with E-state index in [1.807, 2.05) is 207 Å². The number of nitrogens with zero attached hydrogens (tertiary/aromatic N) is 9. The fourth-order valence-corrected chi connectivity index (χ4v) is 12.3. The number of carbonyl (C=O) groups excluding carboxylic acids is 1. The molecule has 0 atom stereocenters. The number of para-hydroxylation sites is 4. The van der Waals surface area contributed by atoms with Gasteiger partial charge in [-0.25, -0.2) is 0 Å². The van der Waals surface area contributed by atoms with Crippen molar-refractivity contribution in [3.8, 4) is 112 Å². The smallest absolute Gasteiger partial charge is 0.512 e. The van der Waals surface area contributed by atoms with Crippen molar-refractivity contribution in [3.05, 3.63) is 430 Å². The fourth-order valence-electron chi connectivity index (χ4n) is 12.3. The van der Waals surface area contributed by atoms with Crippen LogP contribution in [0, 0.1) is 58.0 Å². The molecule has 0 unspecified atom stereocenters. The summed E-state index contributed by atoms with van der Waals surface area (Å²) in [5.41, 5.74) is 26.9. The average Bonchev–Trinajstić information content (AvgIpc) is 1.66. The van der Waals surface area contributed by atoms with Crippen molar-refractivity contribution in [2.45, 2.75) is 41.5 Å². The van der Waals surface area contributed by atoms with Crippen molar-refractivity contribution in [3.63, 3.8) is 0 Å². The number of allylic oxidation sites excluding steroid dienone is 2. The number of benzene rings is 12. The number of carbonyl (C=O) groups is 1. The van der Waals surface area contributed by atoms with Crippen LogP contribution in [0.25, 0.3) is 112 Å². The molecule has 11 nitrogen and oxygen atoms in total. The summed E-state index contributed by atoms with van der Waals surface area (Å²) >= 11 is 0. The van der Waals surface area contributed by atoms with Gasteiger partial charge in [0.2, 0.25) is 0 Å². The maximum Gasteiger partial charge on any atom is 3.00 e. The molecule has 0 saturated heterocycles. The largest absolute Gasteiger partial charge is 3.00 e. The molecule has 0 bridgehead atoms. The molecule has 0 aliphatic rings. The Balaban J connectivity index is 0.000000146. The van der Waals surface area contributed by atoms with Crippen LogP contribution in [0.2, 0.25) is 0 Å². The molecule has 0 amide bonds. The molecule has 1 radical (unpaired) electrons. The zero-order valence-electron chi connectivity index (χ0n) is 62.3. The van der Waals surface area contributed by atoms with Crippen LogP contribution in [0.4, 0.5) is 0 Å². The number of pyridine rings is 1. The van der Waals surface area contributed by atoms with Crippen molar-refractivity contribution in [1.29, 1.82) is 0 Å². The van der Waals surface area contributed by atoms with Crippen LogP contribution in [0.3, 0.4) is 0 Å². The van der Waals surface area contributed by atoms with Gasteiger partial charge in [-0.05, 0) is 132 Å². The van der Waals surface area contributed by atoms with Gasteiger partial charge in [0.25, 0.3) is 0 Å². The Bertz CT molecular complexity index is 5440. The van der Waals surface area contributed by atoms with Crippen molar-refractivity contribution >= 4 is 5.78 Å². The number of aliphatic hydroxyl groups is 1. The van der Waals surface area contributed by atoms with E-state index in [1.165, 1.54) is 75.6 Å². The van der Waals surface area contributed by atoms with Crippen LogP contribution < -0.4 is 0 Å². The summed E-state index contributed by atoms with van der Waals surface area (Å²) in [6.45, 7) is 11.2. The molecule has 5 heterocycles. The Morgan fingerprint density at radius 1 is 0.342 bits per heavy atom. The maximum absolute atomic E-state index is 10.0. The van der Waals surface area contributed by atoms with Gasteiger partial charge >= 0.3 is 39.0 Å². The second-order valence-electron chi connectivity index (χ2n) is 25.3. The summed E-state index contributed by atoms with van der Waals surface area (Å²) in [5, 5.41) is 26.6. The minimum atomic E-state index is -0.125. The van der Waals surface area contributed by atoms with E-state index >= 15 is 0 Å². The molecule has 12 aromatic carbocycles. The van der Waals surface area contributed by atoms with Gasteiger partial charge in [0.1, 0.15) is 0 Å². The number of aryl methyl sites for hydroxylation is 2. The summed E-state index contributed by atoms with van der Waals surface area (Å²) < 4.78 is 7.62. The Kier molecular flexibility index (Phi) is 29.7. The minimum Gasteiger partial charge on any atom is -0.512 e. The van der Waals surface area contributed by atoms with Crippen molar-refractivity contribution in [2.75, 3.05) is 0 Å². The topological polar surface area (TPSA) is 121 Å². The number of aliphatic hydroxyl groups excluding tert-OH is 1. The van der Waals surface area contributed by atoms with Gasteiger partial charge in [0, 0.05) is 58.3 Å². The molecule has 0 fully saturated rings. The number of rotatable bonds is 13. The molecule has 0 saturated carbocycles. The van der Waals surface area contributed by atoms with Crippen LogP contribution in [-0.4, -0.2) is 55.0 Å². The fraction of sp³-hybridized carbons (Fsp3) is 0.0612. The molecule has 547 valence electrons. The second-order valence-corrected chi connectivity index (χ2v) is 25.3. The van der Waals surface area contributed by atoms with E-state index < -0.39 is 0 Å². The van der Waals surface area contributed by atoms with Gasteiger partial charge in [-0.1, -0.05) is 206 Å². The zero-order chi connectivity index (χ0) is 75.5.